The van der Waals surface area contributed by atoms with Crippen LogP contribution < -0.4 is 10.2 Å². The first-order chi connectivity index (χ1) is 11.6. The van der Waals surface area contributed by atoms with Crippen molar-refractivity contribution in [2.45, 2.75) is 26.8 Å². The summed E-state index contributed by atoms with van der Waals surface area (Å²) in [6.45, 7) is 9.88. The van der Waals surface area contributed by atoms with E-state index in [9.17, 15) is 9.59 Å². The highest BCUT2D eigenvalue weighted by atomic mass is 16.2. The SMILES string of the molecule is CCNC(=O)N1CCN(C(C)C(=O)N(CC)c2ccccc2)CC1. The molecule has 1 aromatic carbocycles. The van der Waals surface area contributed by atoms with Crippen LogP contribution in [0.5, 0.6) is 0 Å². The van der Waals surface area contributed by atoms with Crippen molar-refractivity contribution < 1.29 is 9.59 Å². The van der Waals surface area contributed by atoms with Gasteiger partial charge in [0.1, 0.15) is 0 Å². The van der Waals surface area contributed by atoms with Crippen molar-refractivity contribution in [3.05, 3.63) is 30.3 Å². The first-order valence-corrected chi connectivity index (χ1v) is 8.71. The molecule has 1 aliphatic rings. The van der Waals surface area contributed by atoms with Crippen LogP contribution in [-0.4, -0.2) is 67.0 Å². The lowest BCUT2D eigenvalue weighted by molar-refractivity contribution is -0.123. The van der Waals surface area contributed by atoms with E-state index in [1.54, 1.807) is 0 Å². The lowest BCUT2D eigenvalue weighted by atomic mass is 10.2. The lowest BCUT2D eigenvalue weighted by Gasteiger charge is -2.38. The first-order valence-electron chi connectivity index (χ1n) is 8.71. The molecule has 1 fully saturated rings. The minimum atomic E-state index is -0.193. The Labute approximate surface area is 144 Å². The second-order valence-electron chi connectivity index (χ2n) is 5.95. The molecule has 1 heterocycles. The normalized spacial score (nSPS) is 16.5. The lowest BCUT2D eigenvalue weighted by Crippen LogP contribution is -2.57. The molecule has 6 heteroatoms. The van der Waals surface area contributed by atoms with E-state index in [0.717, 1.165) is 18.8 Å². The summed E-state index contributed by atoms with van der Waals surface area (Å²) in [5, 5.41) is 2.82. The number of piperazine rings is 1. The highest BCUT2D eigenvalue weighted by Crippen LogP contribution is 2.17. The molecule has 0 radical (unpaired) electrons. The van der Waals surface area contributed by atoms with Gasteiger partial charge in [-0.15, -0.1) is 0 Å². The predicted molar refractivity (Wildman–Crippen MR) is 96.1 cm³/mol. The number of nitrogens with zero attached hydrogens (tertiary/aromatic N) is 3. The Morgan fingerprint density at radius 3 is 2.29 bits per heavy atom. The van der Waals surface area contributed by atoms with E-state index in [0.29, 0.717) is 26.2 Å². The number of anilines is 1. The summed E-state index contributed by atoms with van der Waals surface area (Å²) in [6, 6.07) is 9.55. The number of benzene rings is 1. The van der Waals surface area contributed by atoms with Gasteiger partial charge in [-0.2, -0.15) is 0 Å². The quantitative estimate of drug-likeness (QED) is 0.894. The summed E-state index contributed by atoms with van der Waals surface area (Å²) in [5.41, 5.74) is 0.929. The van der Waals surface area contributed by atoms with Crippen molar-refractivity contribution in [1.29, 1.82) is 0 Å². The number of carbonyl (C=O) groups is 2. The second-order valence-corrected chi connectivity index (χ2v) is 5.95. The van der Waals surface area contributed by atoms with Gasteiger partial charge in [-0.05, 0) is 32.9 Å². The van der Waals surface area contributed by atoms with E-state index >= 15 is 0 Å². The highest BCUT2D eigenvalue weighted by molar-refractivity contribution is 5.96. The number of carbonyl (C=O) groups excluding carboxylic acids is 2. The van der Waals surface area contributed by atoms with Crippen molar-refractivity contribution >= 4 is 17.6 Å². The maximum absolute atomic E-state index is 12.9. The molecule has 1 aromatic rings. The summed E-state index contributed by atoms with van der Waals surface area (Å²) in [5.74, 6) is 0.107. The molecule has 24 heavy (non-hydrogen) atoms. The molecule has 1 saturated heterocycles. The largest absolute Gasteiger partial charge is 0.338 e. The summed E-state index contributed by atoms with van der Waals surface area (Å²) >= 11 is 0. The van der Waals surface area contributed by atoms with Crippen molar-refractivity contribution in [3.8, 4) is 0 Å². The summed E-state index contributed by atoms with van der Waals surface area (Å²) in [6.07, 6.45) is 0. The number of para-hydroxylation sites is 1. The van der Waals surface area contributed by atoms with E-state index in [1.807, 2.05) is 60.9 Å². The van der Waals surface area contributed by atoms with E-state index < -0.39 is 0 Å². The number of hydrogen-bond acceptors (Lipinski definition) is 3. The average molecular weight is 332 g/mol. The average Bonchev–Trinajstić information content (AvgIpc) is 2.63. The van der Waals surface area contributed by atoms with E-state index in [2.05, 4.69) is 10.2 Å². The van der Waals surface area contributed by atoms with Crippen molar-refractivity contribution in [3.63, 3.8) is 0 Å². The van der Waals surface area contributed by atoms with Crippen LogP contribution in [0.3, 0.4) is 0 Å². The van der Waals surface area contributed by atoms with Gasteiger partial charge in [-0.25, -0.2) is 4.79 Å². The molecule has 1 unspecified atom stereocenters. The minimum absolute atomic E-state index is 0.0180. The Hall–Kier alpha value is -2.08. The van der Waals surface area contributed by atoms with Gasteiger partial charge in [0.15, 0.2) is 0 Å². The number of amides is 3. The first kappa shape index (κ1) is 18.3. The summed E-state index contributed by atoms with van der Waals surface area (Å²) < 4.78 is 0. The van der Waals surface area contributed by atoms with E-state index in [1.165, 1.54) is 0 Å². The van der Waals surface area contributed by atoms with Crippen LogP contribution in [0, 0.1) is 0 Å². The van der Waals surface area contributed by atoms with Crippen LogP contribution in [0.2, 0.25) is 0 Å². The molecule has 0 aromatic heterocycles. The van der Waals surface area contributed by atoms with Crippen LogP contribution in [0.1, 0.15) is 20.8 Å². The Balaban J connectivity index is 1.95. The maximum Gasteiger partial charge on any atom is 0.317 e. The third-order valence-corrected chi connectivity index (χ3v) is 4.48. The monoisotopic (exact) mass is 332 g/mol. The standard InChI is InChI=1S/C18H28N4O2/c1-4-19-18(24)21-13-11-20(12-14-21)15(3)17(23)22(5-2)16-9-7-6-8-10-16/h6-10,15H,4-5,11-14H2,1-3H3,(H,19,24). The highest BCUT2D eigenvalue weighted by Gasteiger charge is 2.29. The Morgan fingerprint density at radius 1 is 1.12 bits per heavy atom. The second kappa shape index (κ2) is 8.68. The van der Waals surface area contributed by atoms with E-state index in [-0.39, 0.29) is 18.0 Å². The molecular formula is C18H28N4O2. The zero-order chi connectivity index (χ0) is 17.5. The minimum Gasteiger partial charge on any atom is -0.338 e. The fourth-order valence-electron chi connectivity index (χ4n) is 3.03. The molecular weight excluding hydrogens is 304 g/mol. The molecule has 132 valence electrons. The van der Waals surface area contributed by atoms with Crippen LogP contribution in [0.25, 0.3) is 0 Å². The van der Waals surface area contributed by atoms with Crippen molar-refractivity contribution in [2.24, 2.45) is 0 Å². The molecule has 0 saturated carbocycles. The van der Waals surface area contributed by atoms with Crippen LogP contribution >= 0.6 is 0 Å². The zero-order valence-electron chi connectivity index (χ0n) is 14.9. The molecule has 0 aliphatic carbocycles. The van der Waals surface area contributed by atoms with Crippen LogP contribution in [0.4, 0.5) is 10.5 Å². The van der Waals surface area contributed by atoms with E-state index in [4.69, 9.17) is 0 Å². The van der Waals surface area contributed by atoms with Gasteiger partial charge in [-0.1, -0.05) is 18.2 Å². The third-order valence-electron chi connectivity index (χ3n) is 4.48. The number of urea groups is 1. The molecule has 2 rings (SSSR count). The Bertz CT molecular complexity index is 541. The number of likely N-dealkylation sites (N-methyl/N-ethyl adjacent to an activating group) is 1. The number of nitrogens with one attached hydrogen (secondary N) is 1. The molecule has 3 amide bonds. The van der Waals surface area contributed by atoms with Gasteiger partial charge in [0.2, 0.25) is 5.91 Å². The fourth-order valence-corrected chi connectivity index (χ4v) is 3.03. The fraction of sp³-hybridized carbons (Fsp3) is 0.556. The van der Waals surface area contributed by atoms with Gasteiger partial charge in [-0.3, -0.25) is 9.69 Å². The molecule has 1 aliphatic heterocycles. The summed E-state index contributed by atoms with van der Waals surface area (Å²) in [7, 11) is 0. The van der Waals surface area contributed by atoms with Crippen LogP contribution in [-0.2, 0) is 4.79 Å². The topological polar surface area (TPSA) is 55.9 Å². The van der Waals surface area contributed by atoms with Crippen molar-refractivity contribution in [1.82, 2.24) is 15.1 Å². The van der Waals surface area contributed by atoms with Gasteiger partial charge >= 0.3 is 6.03 Å². The molecule has 1 N–H and O–H groups in total. The van der Waals surface area contributed by atoms with Crippen molar-refractivity contribution in [2.75, 3.05) is 44.2 Å². The summed E-state index contributed by atoms with van der Waals surface area (Å²) in [4.78, 5) is 30.5. The Morgan fingerprint density at radius 2 is 1.75 bits per heavy atom. The molecule has 1 atom stereocenters. The third kappa shape index (κ3) is 4.26. The molecule has 0 spiro atoms. The number of rotatable bonds is 5. The van der Waals surface area contributed by atoms with Gasteiger partial charge < -0.3 is 15.1 Å². The van der Waals surface area contributed by atoms with Gasteiger partial charge in [0, 0.05) is 45.0 Å². The smallest absolute Gasteiger partial charge is 0.317 e. The van der Waals surface area contributed by atoms with Crippen LogP contribution in [0.15, 0.2) is 30.3 Å². The number of hydrogen-bond donors (Lipinski definition) is 1. The maximum atomic E-state index is 12.9. The van der Waals surface area contributed by atoms with Gasteiger partial charge in [0.25, 0.3) is 0 Å². The van der Waals surface area contributed by atoms with Gasteiger partial charge in [0.05, 0.1) is 6.04 Å². The Kier molecular flexibility index (Phi) is 6.61. The molecule has 6 nitrogen and oxygen atoms in total. The molecule has 0 bridgehead atoms. The zero-order valence-corrected chi connectivity index (χ0v) is 14.9. The predicted octanol–water partition coefficient (Wildman–Crippen LogP) is 1.78.